The largest absolute Gasteiger partial charge is 0.496 e. The smallest absolute Gasteiger partial charge is 0.259 e. The van der Waals surface area contributed by atoms with Gasteiger partial charge in [0.2, 0.25) is 5.95 Å². The molecule has 7 heteroatoms. The number of carbonyl (C=O) groups is 1. The van der Waals surface area contributed by atoms with Crippen molar-refractivity contribution in [3.8, 4) is 5.75 Å². The fourth-order valence-corrected chi connectivity index (χ4v) is 3.00. The molecule has 0 aliphatic heterocycles. The van der Waals surface area contributed by atoms with Crippen LogP contribution in [-0.2, 0) is 0 Å². The Hall–Kier alpha value is -4.26. The summed E-state index contributed by atoms with van der Waals surface area (Å²) >= 11 is 0. The van der Waals surface area contributed by atoms with Crippen LogP contribution in [0.5, 0.6) is 5.75 Å². The molecule has 1 amide bonds. The van der Waals surface area contributed by atoms with Crippen molar-refractivity contribution in [3.05, 3.63) is 97.1 Å². The molecule has 0 atom stereocenters. The number of ether oxygens (including phenoxy) is 1. The first-order valence-corrected chi connectivity index (χ1v) is 9.28. The van der Waals surface area contributed by atoms with Crippen molar-refractivity contribution in [1.29, 1.82) is 0 Å². The number of methoxy groups -OCH3 is 1. The quantitative estimate of drug-likeness (QED) is 0.512. The summed E-state index contributed by atoms with van der Waals surface area (Å²) in [5.41, 5.74) is 2.86. The maximum Gasteiger partial charge on any atom is 0.259 e. The van der Waals surface area contributed by atoms with Gasteiger partial charge in [-0.3, -0.25) is 14.7 Å². The fourth-order valence-electron chi connectivity index (χ4n) is 3.00. The van der Waals surface area contributed by atoms with Gasteiger partial charge < -0.3 is 10.1 Å². The van der Waals surface area contributed by atoms with Gasteiger partial charge in [-0.1, -0.05) is 12.1 Å². The summed E-state index contributed by atoms with van der Waals surface area (Å²) in [7, 11) is 1.54. The second-order valence-corrected chi connectivity index (χ2v) is 6.29. The number of para-hydroxylation sites is 1. The average molecular weight is 397 g/mol. The van der Waals surface area contributed by atoms with E-state index in [1.165, 1.54) is 0 Å². The lowest BCUT2D eigenvalue weighted by Gasteiger charge is -2.22. The molecule has 0 fully saturated rings. The zero-order valence-corrected chi connectivity index (χ0v) is 16.3. The van der Waals surface area contributed by atoms with Crippen LogP contribution in [-0.4, -0.2) is 28.0 Å². The molecule has 0 saturated carbocycles. The third kappa shape index (κ3) is 4.10. The molecule has 0 bridgehead atoms. The predicted octanol–water partition coefficient (Wildman–Crippen LogP) is 4.60. The second-order valence-electron chi connectivity index (χ2n) is 6.29. The van der Waals surface area contributed by atoms with Gasteiger partial charge in [-0.05, 0) is 54.6 Å². The molecule has 1 N–H and O–H groups in total. The summed E-state index contributed by atoms with van der Waals surface area (Å²) in [6.45, 7) is 0. The minimum absolute atomic E-state index is 0.238. The van der Waals surface area contributed by atoms with E-state index in [4.69, 9.17) is 4.74 Å². The normalized spacial score (nSPS) is 10.3. The van der Waals surface area contributed by atoms with Gasteiger partial charge in [-0.2, -0.15) is 0 Å². The molecule has 2 aromatic heterocycles. The number of hydrogen-bond donors (Lipinski definition) is 1. The number of benzene rings is 2. The van der Waals surface area contributed by atoms with Gasteiger partial charge in [0.1, 0.15) is 5.75 Å². The van der Waals surface area contributed by atoms with E-state index in [1.54, 1.807) is 56.2 Å². The Balaban J connectivity index is 1.60. The Kier molecular flexibility index (Phi) is 5.61. The molecule has 7 nitrogen and oxygen atoms in total. The SMILES string of the molecule is COc1ccccc1C(=O)Nc1ccc(N(c2ccncc2)c2ncccn2)cc1. The van der Waals surface area contributed by atoms with Crippen LogP contribution in [0.1, 0.15) is 10.4 Å². The van der Waals surface area contributed by atoms with Gasteiger partial charge in [0.25, 0.3) is 5.91 Å². The first kappa shape index (κ1) is 19.1. The average Bonchev–Trinajstić information content (AvgIpc) is 2.82. The Morgan fingerprint density at radius 1 is 0.833 bits per heavy atom. The molecule has 2 aromatic carbocycles. The van der Waals surface area contributed by atoms with Crippen LogP contribution in [0.15, 0.2) is 91.5 Å². The van der Waals surface area contributed by atoms with Gasteiger partial charge in [-0.15, -0.1) is 0 Å². The number of pyridine rings is 1. The van der Waals surface area contributed by atoms with Crippen LogP contribution in [0.2, 0.25) is 0 Å². The van der Waals surface area contributed by atoms with E-state index in [0.717, 1.165) is 11.4 Å². The molecule has 2 heterocycles. The number of aromatic nitrogens is 3. The topological polar surface area (TPSA) is 80.2 Å². The van der Waals surface area contributed by atoms with Crippen molar-refractivity contribution >= 4 is 28.9 Å². The highest BCUT2D eigenvalue weighted by Crippen LogP contribution is 2.32. The van der Waals surface area contributed by atoms with E-state index >= 15 is 0 Å². The summed E-state index contributed by atoms with van der Waals surface area (Å²) in [6.07, 6.45) is 6.82. The molecule has 0 unspecified atom stereocenters. The first-order chi connectivity index (χ1) is 14.8. The number of amides is 1. The maximum absolute atomic E-state index is 12.6. The summed E-state index contributed by atoms with van der Waals surface area (Å²) < 4.78 is 5.27. The Bertz CT molecular complexity index is 1080. The molecule has 30 heavy (non-hydrogen) atoms. The molecule has 148 valence electrons. The zero-order chi connectivity index (χ0) is 20.8. The fraction of sp³-hybridized carbons (Fsp3) is 0.0435. The molecular formula is C23H19N5O2. The number of nitrogens with one attached hydrogen (secondary N) is 1. The van der Waals surface area contributed by atoms with Crippen LogP contribution < -0.4 is 15.0 Å². The van der Waals surface area contributed by atoms with E-state index in [-0.39, 0.29) is 5.91 Å². The summed E-state index contributed by atoms with van der Waals surface area (Å²) in [5, 5.41) is 2.90. The van der Waals surface area contributed by atoms with Gasteiger partial charge in [0.05, 0.1) is 18.4 Å². The third-order valence-electron chi connectivity index (χ3n) is 4.41. The van der Waals surface area contributed by atoms with Gasteiger partial charge in [0, 0.05) is 36.2 Å². The standard InChI is InChI=1S/C23H19N5O2/c1-30-21-6-3-2-5-20(21)22(29)27-17-7-9-18(10-8-17)28(19-11-15-24-16-12-19)23-25-13-4-14-26-23/h2-16H,1H3,(H,27,29). The third-order valence-corrected chi connectivity index (χ3v) is 4.41. The van der Waals surface area contributed by atoms with Crippen molar-refractivity contribution in [2.75, 3.05) is 17.3 Å². The van der Waals surface area contributed by atoms with Crippen molar-refractivity contribution in [2.24, 2.45) is 0 Å². The van der Waals surface area contributed by atoms with Gasteiger partial charge in [-0.25, -0.2) is 9.97 Å². The minimum atomic E-state index is -0.238. The van der Waals surface area contributed by atoms with Crippen molar-refractivity contribution in [1.82, 2.24) is 15.0 Å². The first-order valence-electron chi connectivity index (χ1n) is 9.28. The molecule has 0 aliphatic carbocycles. The molecule has 4 aromatic rings. The van der Waals surface area contributed by atoms with E-state index < -0.39 is 0 Å². The highest BCUT2D eigenvalue weighted by molar-refractivity contribution is 6.06. The Morgan fingerprint density at radius 2 is 1.50 bits per heavy atom. The summed E-state index contributed by atoms with van der Waals surface area (Å²) in [4.78, 5) is 27.4. The summed E-state index contributed by atoms with van der Waals surface area (Å²) in [6, 6.07) is 20.1. The highest BCUT2D eigenvalue weighted by atomic mass is 16.5. The highest BCUT2D eigenvalue weighted by Gasteiger charge is 2.15. The van der Waals surface area contributed by atoms with Gasteiger partial charge >= 0.3 is 0 Å². The molecular weight excluding hydrogens is 378 g/mol. The zero-order valence-electron chi connectivity index (χ0n) is 16.3. The van der Waals surface area contributed by atoms with E-state index in [9.17, 15) is 4.79 Å². The van der Waals surface area contributed by atoms with Crippen molar-refractivity contribution in [3.63, 3.8) is 0 Å². The number of rotatable bonds is 6. The summed E-state index contributed by atoms with van der Waals surface area (Å²) in [5.74, 6) is 0.823. The van der Waals surface area contributed by atoms with Gasteiger partial charge in [0.15, 0.2) is 0 Å². The van der Waals surface area contributed by atoms with Crippen molar-refractivity contribution < 1.29 is 9.53 Å². The second kappa shape index (κ2) is 8.83. The molecule has 0 radical (unpaired) electrons. The Labute approximate surface area is 174 Å². The van der Waals surface area contributed by atoms with Crippen LogP contribution in [0.4, 0.5) is 23.0 Å². The molecule has 0 aliphatic rings. The van der Waals surface area contributed by atoms with Crippen LogP contribution in [0, 0.1) is 0 Å². The van der Waals surface area contributed by atoms with Crippen molar-refractivity contribution in [2.45, 2.75) is 0 Å². The molecule has 0 saturated heterocycles. The number of hydrogen-bond acceptors (Lipinski definition) is 6. The molecule has 4 rings (SSSR count). The van der Waals surface area contributed by atoms with Crippen LogP contribution >= 0.6 is 0 Å². The Morgan fingerprint density at radius 3 is 2.20 bits per heavy atom. The van der Waals surface area contributed by atoms with E-state index in [0.29, 0.717) is 22.9 Å². The predicted molar refractivity (Wildman–Crippen MR) is 115 cm³/mol. The van der Waals surface area contributed by atoms with Crippen LogP contribution in [0.25, 0.3) is 0 Å². The minimum Gasteiger partial charge on any atom is -0.496 e. The number of carbonyl (C=O) groups excluding carboxylic acids is 1. The number of nitrogens with zero attached hydrogens (tertiary/aromatic N) is 4. The molecule has 0 spiro atoms. The lowest BCUT2D eigenvalue weighted by atomic mass is 10.1. The lowest BCUT2D eigenvalue weighted by Crippen LogP contribution is -2.14. The monoisotopic (exact) mass is 397 g/mol. The van der Waals surface area contributed by atoms with Crippen LogP contribution in [0.3, 0.4) is 0 Å². The van der Waals surface area contributed by atoms with E-state index in [1.807, 2.05) is 47.4 Å². The van der Waals surface area contributed by atoms with E-state index in [2.05, 4.69) is 20.3 Å². The lowest BCUT2D eigenvalue weighted by molar-refractivity contribution is 0.102. The number of anilines is 4. The maximum atomic E-state index is 12.6.